The number of aromatic nitrogens is 2. The first kappa shape index (κ1) is 11.2. The van der Waals surface area contributed by atoms with Crippen LogP contribution in [0.3, 0.4) is 0 Å². The van der Waals surface area contributed by atoms with Crippen LogP contribution in [-0.2, 0) is 4.74 Å². The van der Waals surface area contributed by atoms with Crippen LogP contribution in [0.15, 0.2) is 29.0 Å². The summed E-state index contributed by atoms with van der Waals surface area (Å²) in [5.41, 5.74) is 3.23. The molecule has 2 aromatic rings. The Hall–Kier alpha value is -1.88. The van der Waals surface area contributed by atoms with E-state index in [0.29, 0.717) is 11.9 Å². The molecule has 94 valence electrons. The molecule has 0 amide bonds. The van der Waals surface area contributed by atoms with E-state index in [0.717, 1.165) is 30.9 Å². The Bertz CT molecular complexity index is 519. The summed E-state index contributed by atoms with van der Waals surface area (Å²) in [6, 6.07) is 6.47. The molecule has 1 aromatic heterocycles. The third-order valence-corrected chi connectivity index (χ3v) is 3.13. The number of aryl methyl sites for hydroxylation is 1. The molecule has 1 aliphatic rings. The van der Waals surface area contributed by atoms with Gasteiger partial charge in [-0.15, -0.1) is 10.2 Å². The molecule has 5 heteroatoms. The van der Waals surface area contributed by atoms with Crippen LogP contribution in [0.4, 0.5) is 5.69 Å². The third-order valence-electron chi connectivity index (χ3n) is 3.13. The summed E-state index contributed by atoms with van der Waals surface area (Å²) in [5, 5.41) is 11.1. The number of benzene rings is 1. The highest BCUT2D eigenvalue weighted by Crippen LogP contribution is 2.25. The van der Waals surface area contributed by atoms with Crippen molar-refractivity contribution in [3.8, 4) is 11.5 Å². The molecule has 3 rings (SSSR count). The maximum absolute atomic E-state index is 5.37. The normalized spacial score (nSPS) is 19.1. The van der Waals surface area contributed by atoms with Crippen molar-refractivity contribution in [2.24, 2.45) is 0 Å². The summed E-state index contributed by atoms with van der Waals surface area (Å²) in [4.78, 5) is 0. The zero-order valence-electron chi connectivity index (χ0n) is 10.2. The number of anilines is 1. The van der Waals surface area contributed by atoms with Crippen LogP contribution in [0.2, 0.25) is 0 Å². The molecule has 1 N–H and O–H groups in total. The molecule has 0 spiro atoms. The average molecular weight is 245 g/mol. The van der Waals surface area contributed by atoms with E-state index in [1.54, 1.807) is 0 Å². The molecule has 0 radical (unpaired) electrons. The Morgan fingerprint density at radius 2 is 2.33 bits per heavy atom. The van der Waals surface area contributed by atoms with Crippen molar-refractivity contribution in [2.45, 2.75) is 19.4 Å². The minimum Gasteiger partial charge on any atom is -0.423 e. The van der Waals surface area contributed by atoms with Crippen molar-refractivity contribution in [1.82, 2.24) is 10.2 Å². The van der Waals surface area contributed by atoms with Gasteiger partial charge >= 0.3 is 0 Å². The lowest BCUT2D eigenvalue weighted by Crippen LogP contribution is -2.19. The maximum Gasteiger partial charge on any atom is 0.247 e. The van der Waals surface area contributed by atoms with E-state index in [2.05, 4.69) is 28.5 Å². The van der Waals surface area contributed by atoms with Gasteiger partial charge in [0.25, 0.3) is 0 Å². The molecule has 2 heterocycles. The molecule has 5 nitrogen and oxygen atoms in total. The van der Waals surface area contributed by atoms with Crippen LogP contribution in [0.1, 0.15) is 12.0 Å². The van der Waals surface area contributed by atoms with Gasteiger partial charge in [0.05, 0.1) is 12.6 Å². The fourth-order valence-corrected chi connectivity index (χ4v) is 2.08. The Labute approximate surface area is 105 Å². The lowest BCUT2D eigenvalue weighted by molar-refractivity contribution is 0.195. The van der Waals surface area contributed by atoms with Gasteiger partial charge in [-0.2, -0.15) is 0 Å². The number of rotatable bonds is 3. The molecular formula is C13H15N3O2. The standard InChI is InChI=1S/C13H15N3O2/c1-9-2-3-10(13-16-14-8-18-13)6-12(9)15-11-4-5-17-7-11/h2-3,6,8,11,15H,4-5,7H2,1H3. The first-order valence-electron chi connectivity index (χ1n) is 6.04. The summed E-state index contributed by atoms with van der Waals surface area (Å²) in [7, 11) is 0. The molecular weight excluding hydrogens is 230 g/mol. The van der Waals surface area contributed by atoms with E-state index < -0.39 is 0 Å². The molecule has 0 bridgehead atoms. The predicted molar refractivity (Wildman–Crippen MR) is 67.3 cm³/mol. The molecule has 1 unspecified atom stereocenters. The summed E-state index contributed by atoms with van der Waals surface area (Å²) in [6.07, 6.45) is 2.39. The second-order valence-electron chi connectivity index (χ2n) is 4.48. The van der Waals surface area contributed by atoms with Crippen molar-refractivity contribution in [3.05, 3.63) is 30.2 Å². The van der Waals surface area contributed by atoms with Gasteiger partial charge in [-0.25, -0.2) is 0 Å². The van der Waals surface area contributed by atoms with E-state index in [9.17, 15) is 0 Å². The van der Waals surface area contributed by atoms with Crippen LogP contribution in [0.5, 0.6) is 0 Å². The minimum absolute atomic E-state index is 0.390. The Morgan fingerprint density at radius 3 is 3.06 bits per heavy atom. The second kappa shape index (κ2) is 4.78. The lowest BCUT2D eigenvalue weighted by atomic mass is 10.1. The predicted octanol–water partition coefficient (Wildman–Crippen LogP) is 2.25. The van der Waals surface area contributed by atoms with Crippen LogP contribution in [0, 0.1) is 6.92 Å². The van der Waals surface area contributed by atoms with Crippen molar-refractivity contribution >= 4 is 5.69 Å². The minimum atomic E-state index is 0.390. The van der Waals surface area contributed by atoms with Gasteiger partial charge < -0.3 is 14.5 Å². The highest BCUT2D eigenvalue weighted by molar-refractivity contribution is 5.64. The molecule has 1 saturated heterocycles. The Morgan fingerprint density at radius 1 is 1.39 bits per heavy atom. The second-order valence-corrected chi connectivity index (χ2v) is 4.48. The van der Waals surface area contributed by atoms with Crippen molar-refractivity contribution in [3.63, 3.8) is 0 Å². The topological polar surface area (TPSA) is 60.2 Å². The maximum atomic E-state index is 5.37. The quantitative estimate of drug-likeness (QED) is 0.898. The van der Waals surface area contributed by atoms with E-state index in [1.807, 2.05) is 12.1 Å². The number of nitrogens with one attached hydrogen (secondary N) is 1. The van der Waals surface area contributed by atoms with Crippen LogP contribution < -0.4 is 5.32 Å². The van der Waals surface area contributed by atoms with Crippen molar-refractivity contribution in [2.75, 3.05) is 18.5 Å². The van der Waals surface area contributed by atoms with Gasteiger partial charge in [0.15, 0.2) is 0 Å². The summed E-state index contributed by atoms with van der Waals surface area (Å²) in [5.74, 6) is 0.542. The zero-order valence-corrected chi connectivity index (χ0v) is 10.2. The fourth-order valence-electron chi connectivity index (χ4n) is 2.08. The van der Waals surface area contributed by atoms with Crippen LogP contribution >= 0.6 is 0 Å². The Kier molecular flexibility index (Phi) is 2.98. The van der Waals surface area contributed by atoms with E-state index in [1.165, 1.54) is 12.0 Å². The number of hydrogen-bond donors (Lipinski definition) is 1. The molecule has 0 aliphatic carbocycles. The number of hydrogen-bond acceptors (Lipinski definition) is 5. The van der Waals surface area contributed by atoms with Crippen molar-refractivity contribution < 1.29 is 9.15 Å². The molecule has 0 saturated carbocycles. The van der Waals surface area contributed by atoms with Gasteiger partial charge in [-0.3, -0.25) is 0 Å². The van der Waals surface area contributed by atoms with E-state index in [-0.39, 0.29) is 0 Å². The molecule has 1 fully saturated rings. The molecule has 1 atom stereocenters. The average Bonchev–Trinajstić information content (AvgIpc) is 3.04. The highest BCUT2D eigenvalue weighted by atomic mass is 16.5. The molecule has 1 aliphatic heterocycles. The van der Waals surface area contributed by atoms with Gasteiger partial charge in [-0.1, -0.05) is 6.07 Å². The Balaban J connectivity index is 1.86. The van der Waals surface area contributed by atoms with Gasteiger partial charge in [0.1, 0.15) is 0 Å². The van der Waals surface area contributed by atoms with Crippen LogP contribution in [-0.4, -0.2) is 29.5 Å². The molecule has 1 aromatic carbocycles. The zero-order chi connectivity index (χ0) is 12.4. The first-order chi connectivity index (χ1) is 8.83. The molecule has 18 heavy (non-hydrogen) atoms. The van der Waals surface area contributed by atoms with Crippen molar-refractivity contribution in [1.29, 1.82) is 0 Å². The number of nitrogens with zero attached hydrogens (tertiary/aromatic N) is 2. The summed E-state index contributed by atoms with van der Waals surface area (Å²) < 4.78 is 10.6. The van der Waals surface area contributed by atoms with E-state index in [4.69, 9.17) is 9.15 Å². The summed E-state index contributed by atoms with van der Waals surface area (Å²) in [6.45, 7) is 3.68. The smallest absolute Gasteiger partial charge is 0.247 e. The fraction of sp³-hybridized carbons (Fsp3) is 0.385. The first-order valence-corrected chi connectivity index (χ1v) is 6.04. The lowest BCUT2D eigenvalue weighted by Gasteiger charge is -2.15. The van der Waals surface area contributed by atoms with Gasteiger partial charge in [-0.05, 0) is 31.0 Å². The van der Waals surface area contributed by atoms with Crippen LogP contribution in [0.25, 0.3) is 11.5 Å². The number of ether oxygens (including phenoxy) is 1. The van der Waals surface area contributed by atoms with Gasteiger partial charge in [0.2, 0.25) is 12.3 Å². The summed E-state index contributed by atoms with van der Waals surface area (Å²) >= 11 is 0. The monoisotopic (exact) mass is 245 g/mol. The van der Waals surface area contributed by atoms with E-state index >= 15 is 0 Å². The third kappa shape index (κ3) is 2.22. The highest BCUT2D eigenvalue weighted by Gasteiger charge is 2.16. The van der Waals surface area contributed by atoms with Gasteiger partial charge in [0, 0.05) is 17.9 Å². The largest absolute Gasteiger partial charge is 0.423 e. The SMILES string of the molecule is Cc1ccc(-c2nnco2)cc1NC1CCOC1.